The van der Waals surface area contributed by atoms with Gasteiger partial charge >= 0.3 is 0 Å². The van der Waals surface area contributed by atoms with Gasteiger partial charge in [0.05, 0.1) is 0 Å². The zero-order valence-electron chi connectivity index (χ0n) is 45.6. The number of fused-ring (bicyclic) bond motifs is 6. The summed E-state index contributed by atoms with van der Waals surface area (Å²) >= 11 is 0. The van der Waals surface area contributed by atoms with Gasteiger partial charge < -0.3 is 26.5 Å². The second-order valence-electron chi connectivity index (χ2n) is 20.1. The molecule has 0 atom stereocenters. The molecule has 84 heavy (non-hydrogen) atoms. The van der Waals surface area contributed by atoms with Crippen molar-refractivity contribution in [2.24, 2.45) is 0 Å². The van der Waals surface area contributed by atoms with E-state index in [4.69, 9.17) is 26.5 Å². The van der Waals surface area contributed by atoms with Crippen molar-refractivity contribution in [3.63, 3.8) is 0 Å². The Labute approximate surface area is 485 Å². The van der Waals surface area contributed by atoms with Gasteiger partial charge in [0.1, 0.15) is 68.1 Å². The lowest BCUT2D eigenvalue weighted by molar-refractivity contribution is 0.604. The predicted octanol–water partition coefficient (Wildman–Crippen LogP) is 22.6. The lowest BCUT2D eigenvalue weighted by Crippen LogP contribution is -1.74. The van der Waals surface area contributed by atoms with E-state index in [9.17, 15) is 0 Å². The molecule has 6 heteroatoms. The Morgan fingerprint density at radius 1 is 0.155 bits per heavy atom. The molecule has 0 spiro atoms. The summed E-state index contributed by atoms with van der Waals surface area (Å²) in [5, 5.41) is 6.71. The van der Waals surface area contributed by atoms with E-state index in [-0.39, 0.29) is 0 Å². The third kappa shape index (κ3) is 13.0. The number of hydrogen-bond acceptors (Lipinski definition) is 6. The van der Waals surface area contributed by atoms with Crippen molar-refractivity contribution in [1.29, 1.82) is 0 Å². The Kier molecular flexibility index (Phi) is 15.2. The van der Waals surface area contributed by atoms with Crippen LogP contribution >= 0.6 is 0 Å². The molecule has 6 heterocycles. The summed E-state index contributed by atoms with van der Waals surface area (Å²) in [5.74, 6) is 5.14. The molecule has 0 aliphatic carbocycles. The third-order valence-corrected chi connectivity index (χ3v) is 14.1. The minimum atomic E-state index is 0.857. The van der Waals surface area contributed by atoms with Crippen molar-refractivity contribution in [3.05, 3.63) is 323 Å². The minimum Gasteiger partial charge on any atom is -0.457 e. The number of hydrogen-bond donors (Lipinski definition) is 0. The third-order valence-electron chi connectivity index (χ3n) is 14.1. The molecule has 0 fully saturated rings. The van der Waals surface area contributed by atoms with E-state index in [1.165, 1.54) is 0 Å². The van der Waals surface area contributed by atoms with Gasteiger partial charge in [0, 0.05) is 32.3 Å². The standard InChI is InChI=1S/3C26H18O2/c3*1-3-7-25-21(5-1)17-23(27-25)15-13-19-9-11-20(12-10-19)14-16-24-18-22-6-2-4-8-26(22)28-24/h3*1-18H/b3*15-13+,16-14+. The summed E-state index contributed by atoms with van der Waals surface area (Å²) in [6.45, 7) is 0. The molecule has 15 rings (SSSR count). The zero-order valence-corrected chi connectivity index (χ0v) is 45.6. The van der Waals surface area contributed by atoms with E-state index in [2.05, 4.69) is 182 Å². The second-order valence-corrected chi connectivity index (χ2v) is 20.1. The van der Waals surface area contributed by atoms with Crippen LogP contribution in [0, 0.1) is 0 Å². The maximum atomic E-state index is 5.82. The molecule has 6 aromatic heterocycles. The fraction of sp³-hybridized carbons (Fsp3) is 0. The topological polar surface area (TPSA) is 78.8 Å². The first-order chi connectivity index (χ1) is 41.5. The van der Waals surface area contributed by atoms with Crippen LogP contribution in [0.3, 0.4) is 0 Å². The first kappa shape index (κ1) is 52.1. The fourth-order valence-electron chi connectivity index (χ4n) is 9.73. The first-order valence-corrected chi connectivity index (χ1v) is 27.8. The van der Waals surface area contributed by atoms with Gasteiger partial charge in [-0.3, -0.25) is 0 Å². The molecule has 0 aliphatic rings. The zero-order chi connectivity index (χ0) is 56.3. The summed E-state index contributed by atoms with van der Waals surface area (Å²) in [4.78, 5) is 0. The van der Waals surface area contributed by atoms with Gasteiger partial charge in [0.25, 0.3) is 0 Å². The van der Waals surface area contributed by atoms with Crippen molar-refractivity contribution >= 4 is 139 Å². The van der Waals surface area contributed by atoms with E-state index in [0.717, 1.165) is 134 Å². The van der Waals surface area contributed by atoms with Crippen LogP contribution in [0.15, 0.2) is 281 Å². The largest absolute Gasteiger partial charge is 0.457 e. The van der Waals surface area contributed by atoms with E-state index < -0.39 is 0 Å². The van der Waals surface area contributed by atoms with Gasteiger partial charge in [-0.1, -0.05) is 218 Å². The van der Waals surface area contributed by atoms with Crippen molar-refractivity contribution in [1.82, 2.24) is 0 Å². The van der Waals surface area contributed by atoms with E-state index in [1.54, 1.807) is 0 Å². The Bertz CT molecular complexity index is 3880. The van der Waals surface area contributed by atoms with Crippen LogP contribution < -0.4 is 0 Å². The molecular weight excluding hydrogens is 1030 g/mol. The minimum absolute atomic E-state index is 0.857. The fourth-order valence-corrected chi connectivity index (χ4v) is 9.73. The van der Waals surface area contributed by atoms with Crippen LogP contribution in [-0.4, -0.2) is 0 Å². The molecule has 0 saturated heterocycles. The highest BCUT2D eigenvalue weighted by molar-refractivity contribution is 5.87. The van der Waals surface area contributed by atoms with Crippen molar-refractivity contribution in [3.8, 4) is 0 Å². The first-order valence-electron chi connectivity index (χ1n) is 27.8. The van der Waals surface area contributed by atoms with Crippen molar-refractivity contribution in [2.45, 2.75) is 0 Å². The van der Waals surface area contributed by atoms with Crippen molar-refractivity contribution in [2.75, 3.05) is 0 Å². The van der Waals surface area contributed by atoms with Gasteiger partial charge in [-0.25, -0.2) is 0 Å². The van der Waals surface area contributed by atoms with E-state index in [1.807, 2.05) is 146 Å². The van der Waals surface area contributed by atoms with Crippen LogP contribution in [0.4, 0.5) is 0 Å². The highest BCUT2D eigenvalue weighted by atomic mass is 16.4. The Morgan fingerprint density at radius 3 is 0.440 bits per heavy atom. The highest BCUT2D eigenvalue weighted by Crippen LogP contribution is 2.27. The van der Waals surface area contributed by atoms with Crippen molar-refractivity contribution < 1.29 is 26.5 Å². The molecule has 9 aromatic carbocycles. The van der Waals surface area contributed by atoms with Crippen LogP contribution in [0.5, 0.6) is 0 Å². The average molecular weight is 1090 g/mol. The van der Waals surface area contributed by atoms with Crippen LogP contribution in [-0.2, 0) is 0 Å². The number of rotatable bonds is 12. The molecule has 15 aromatic rings. The number of para-hydroxylation sites is 6. The molecule has 0 radical (unpaired) electrons. The molecule has 402 valence electrons. The number of furan rings is 6. The van der Waals surface area contributed by atoms with Crippen LogP contribution in [0.25, 0.3) is 139 Å². The average Bonchev–Trinajstić information content (AvgIpc) is 4.59. The summed E-state index contributed by atoms with van der Waals surface area (Å²) < 4.78 is 34.9. The molecule has 0 aliphatic heterocycles. The molecule has 0 bridgehead atoms. The van der Waals surface area contributed by atoms with Gasteiger partial charge in [0.15, 0.2) is 0 Å². The summed E-state index contributed by atoms with van der Waals surface area (Å²) in [5.41, 5.74) is 12.2. The molecule has 0 amide bonds. The summed E-state index contributed by atoms with van der Waals surface area (Å²) in [7, 11) is 0. The second kappa shape index (κ2) is 24.6. The Balaban J connectivity index is 0.000000118. The number of benzene rings is 9. The lowest BCUT2D eigenvalue weighted by Gasteiger charge is -1.95. The van der Waals surface area contributed by atoms with Gasteiger partial charge in [-0.15, -0.1) is 0 Å². The maximum absolute atomic E-state index is 5.82. The normalized spacial score (nSPS) is 12.0. The summed E-state index contributed by atoms with van der Waals surface area (Å²) in [6, 6.07) is 85.7. The van der Waals surface area contributed by atoms with Crippen LogP contribution in [0.2, 0.25) is 0 Å². The predicted molar refractivity (Wildman–Crippen MR) is 350 cm³/mol. The Morgan fingerprint density at radius 2 is 0.298 bits per heavy atom. The monoisotopic (exact) mass is 1090 g/mol. The Hall–Kier alpha value is -11.3. The van der Waals surface area contributed by atoms with Crippen LogP contribution in [0.1, 0.15) is 67.9 Å². The maximum Gasteiger partial charge on any atom is 0.134 e. The van der Waals surface area contributed by atoms with Gasteiger partial charge in [-0.05, 0) is 143 Å². The molecule has 0 N–H and O–H groups in total. The molecule has 0 saturated carbocycles. The molecular formula is C78H54O6. The van der Waals surface area contributed by atoms with Gasteiger partial charge in [-0.2, -0.15) is 0 Å². The van der Waals surface area contributed by atoms with E-state index >= 15 is 0 Å². The smallest absolute Gasteiger partial charge is 0.134 e. The quantitative estimate of drug-likeness (QED) is 0.121. The highest BCUT2D eigenvalue weighted by Gasteiger charge is 2.05. The summed E-state index contributed by atoms with van der Waals surface area (Å²) in [6.07, 6.45) is 24.4. The van der Waals surface area contributed by atoms with E-state index in [0.29, 0.717) is 0 Å². The molecule has 0 unspecified atom stereocenters. The lowest BCUT2D eigenvalue weighted by atomic mass is 10.1. The van der Waals surface area contributed by atoms with Gasteiger partial charge in [0.2, 0.25) is 0 Å². The SMILES string of the molecule is C(=C\c1cc2ccccc2o1)/c1ccc(/C=C/c2cc3ccccc3o2)cc1.C(=C\c1cc2ccccc2o1)/c1ccc(/C=C/c2cc3ccccc3o2)cc1.C(=C\c1cc2ccccc2o1)/c1ccc(/C=C/c2cc3ccccc3o2)cc1. The molecule has 6 nitrogen and oxygen atoms in total.